The Labute approximate surface area is 114 Å². The van der Waals surface area contributed by atoms with Crippen LogP contribution in [0.1, 0.15) is 10.5 Å². The van der Waals surface area contributed by atoms with E-state index in [1.54, 1.807) is 0 Å². The largest absolute Gasteiger partial charge is 0.382 e. The van der Waals surface area contributed by atoms with Crippen LogP contribution in [0.5, 0.6) is 0 Å². The Morgan fingerprint density at radius 1 is 1.25 bits per heavy atom. The molecule has 8 nitrogen and oxygen atoms in total. The molecule has 0 saturated heterocycles. The monoisotopic (exact) mass is 293 g/mol. The summed E-state index contributed by atoms with van der Waals surface area (Å²) in [6.07, 6.45) is 2.55. The number of sulfonamides is 1. The predicted octanol–water partition coefficient (Wildman–Crippen LogP) is -0.0415. The maximum Gasteiger partial charge on any atom is 0.275 e. The first-order chi connectivity index (χ1) is 9.36. The standard InChI is InChI=1S/C11H11N5O3S/c12-10-6-14-5-9(16-10)11(17)15-7-2-1-3-8(4-7)20(13,18)19/h1-6H,(H2,12,16)(H,15,17)(H2,13,18,19). The molecular formula is C11H11N5O3S. The van der Waals surface area contributed by atoms with Gasteiger partial charge in [-0.2, -0.15) is 0 Å². The van der Waals surface area contributed by atoms with Crippen molar-refractivity contribution in [2.24, 2.45) is 5.14 Å². The first-order valence-electron chi connectivity index (χ1n) is 5.38. The van der Waals surface area contributed by atoms with Crippen molar-refractivity contribution >= 4 is 27.4 Å². The summed E-state index contributed by atoms with van der Waals surface area (Å²) >= 11 is 0. The molecule has 0 aliphatic carbocycles. The fourth-order valence-electron chi connectivity index (χ4n) is 1.44. The van der Waals surface area contributed by atoms with E-state index in [9.17, 15) is 13.2 Å². The highest BCUT2D eigenvalue weighted by Crippen LogP contribution is 2.14. The van der Waals surface area contributed by atoms with Gasteiger partial charge in [0.25, 0.3) is 5.91 Å². The molecule has 0 saturated carbocycles. The zero-order chi connectivity index (χ0) is 14.8. The Bertz CT molecular complexity index is 760. The minimum atomic E-state index is -3.83. The van der Waals surface area contributed by atoms with Gasteiger partial charge in [0.2, 0.25) is 10.0 Å². The summed E-state index contributed by atoms with van der Waals surface area (Å²) in [6.45, 7) is 0. The minimum absolute atomic E-state index is 0.0195. The zero-order valence-corrected chi connectivity index (χ0v) is 11.0. The van der Waals surface area contributed by atoms with Crippen LogP contribution in [0.4, 0.5) is 11.5 Å². The quantitative estimate of drug-likeness (QED) is 0.725. The number of nitrogens with two attached hydrogens (primary N) is 2. The highest BCUT2D eigenvalue weighted by molar-refractivity contribution is 7.89. The lowest BCUT2D eigenvalue weighted by Gasteiger charge is -2.06. The number of anilines is 2. The van der Waals surface area contributed by atoms with E-state index in [-0.39, 0.29) is 22.1 Å². The van der Waals surface area contributed by atoms with Gasteiger partial charge in [-0.05, 0) is 18.2 Å². The Hall–Kier alpha value is -2.52. The second-order valence-electron chi connectivity index (χ2n) is 3.86. The van der Waals surface area contributed by atoms with E-state index in [1.165, 1.54) is 36.7 Å². The smallest absolute Gasteiger partial charge is 0.275 e. The molecule has 0 atom stereocenters. The molecule has 2 rings (SSSR count). The van der Waals surface area contributed by atoms with Crippen LogP contribution in [0.2, 0.25) is 0 Å². The molecule has 1 amide bonds. The maximum atomic E-state index is 11.9. The van der Waals surface area contributed by atoms with Crippen LogP contribution < -0.4 is 16.2 Å². The van der Waals surface area contributed by atoms with Crippen molar-refractivity contribution in [2.75, 3.05) is 11.1 Å². The Morgan fingerprint density at radius 3 is 2.65 bits per heavy atom. The summed E-state index contributed by atoms with van der Waals surface area (Å²) < 4.78 is 22.4. The van der Waals surface area contributed by atoms with E-state index in [0.717, 1.165) is 0 Å². The van der Waals surface area contributed by atoms with Crippen LogP contribution >= 0.6 is 0 Å². The second kappa shape index (κ2) is 5.23. The van der Waals surface area contributed by atoms with Gasteiger partial charge in [-0.25, -0.2) is 18.5 Å². The molecule has 0 aliphatic heterocycles. The lowest BCUT2D eigenvalue weighted by molar-refractivity contribution is 0.102. The van der Waals surface area contributed by atoms with Crippen molar-refractivity contribution in [1.82, 2.24) is 9.97 Å². The fraction of sp³-hybridized carbons (Fsp3) is 0. The lowest BCUT2D eigenvalue weighted by atomic mass is 10.3. The van der Waals surface area contributed by atoms with Gasteiger partial charge in [0, 0.05) is 5.69 Å². The third-order valence-electron chi connectivity index (χ3n) is 2.31. The first-order valence-corrected chi connectivity index (χ1v) is 6.92. The molecule has 104 valence electrons. The highest BCUT2D eigenvalue weighted by atomic mass is 32.2. The number of nitrogens with one attached hydrogen (secondary N) is 1. The number of nitrogen functional groups attached to an aromatic ring is 1. The van der Waals surface area contributed by atoms with Crippen LogP contribution in [0.3, 0.4) is 0 Å². The summed E-state index contributed by atoms with van der Waals surface area (Å²) in [4.78, 5) is 19.3. The summed E-state index contributed by atoms with van der Waals surface area (Å²) in [5, 5.41) is 7.49. The third kappa shape index (κ3) is 3.28. The molecule has 1 aromatic heterocycles. The number of hydrogen-bond donors (Lipinski definition) is 3. The fourth-order valence-corrected chi connectivity index (χ4v) is 2.00. The van der Waals surface area contributed by atoms with Gasteiger partial charge in [0.05, 0.1) is 17.3 Å². The topological polar surface area (TPSA) is 141 Å². The molecule has 1 aromatic carbocycles. The molecule has 2 aromatic rings. The zero-order valence-electron chi connectivity index (χ0n) is 10.1. The third-order valence-corrected chi connectivity index (χ3v) is 3.22. The van der Waals surface area contributed by atoms with Gasteiger partial charge in [-0.1, -0.05) is 6.07 Å². The second-order valence-corrected chi connectivity index (χ2v) is 5.42. The summed E-state index contributed by atoms with van der Waals surface area (Å²) in [5.74, 6) is -0.452. The number of amides is 1. The molecule has 0 radical (unpaired) electrons. The van der Waals surface area contributed by atoms with E-state index in [2.05, 4.69) is 15.3 Å². The van der Waals surface area contributed by atoms with Crippen molar-refractivity contribution in [2.45, 2.75) is 4.90 Å². The van der Waals surface area contributed by atoms with Gasteiger partial charge in [-0.15, -0.1) is 0 Å². The number of carbonyl (C=O) groups is 1. The molecular weight excluding hydrogens is 282 g/mol. The molecule has 1 heterocycles. The van der Waals surface area contributed by atoms with Gasteiger partial charge in [0.1, 0.15) is 11.5 Å². The van der Waals surface area contributed by atoms with Crippen molar-refractivity contribution in [3.05, 3.63) is 42.4 Å². The van der Waals surface area contributed by atoms with Gasteiger partial charge < -0.3 is 11.1 Å². The van der Waals surface area contributed by atoms with Crippen LogP contribution in [0.25, 0.3) is 0 Å². The number of nitrogens with zero attached hydrogens (tertiary/aromatic N) is 2. The number of primary sulfonamides is 1. The van der Waals surface area contributed by atoms with Crippen LogP contribution in [0.15, 0.2) is 41.6 Å². The van der Waals surface area contributed by atoms with Crippen molar-refractivity contribution in [1.29, 1.82) is 0 Å². The van der Waals surface area contributed by atoms with Gasteiger partial charge in [-0.3, -0.25) is 9.78 Å². The summed E-state index contributed by atoms with van der Waals surface area (Å²) in [6, 6.07) is 5.55. The van der Waals surface area contributed by atoms with E-state index >= 15 is 0 Å². The molecule has 0 fully saturated rings. The Morgan fingerprint density at radius 2 is 2.00 bits per heavy atom. The van der Waals surface area contributed by atoms with Crippen LogP contribution in [0, 0.1) is 0 Å². The predicted molar refractivity (Wildman–Crippen MR) is 72.2 cm³/mol. The van der Waals surface area contributed by atoms with Crippen LogP contribution in [-0.2, 0) is 10.0 Å². The average Bonchev–Trinajstić information content (AvgIpc) is 2.38. The number of hydrogen-bond acceptors (Lipinski definition) is 6. The molecule has 20 heavy (non-hydrogen) atoms. The van der Waals surface area contributed by atoms with Crippen molar-refractivity contribution in [3.8, 4) is 0 Å². The molecule has 0 unspecified atom stereocenters. The van der Waals surface area contributed by atoms with E-state index in [0.29, 0.717) is 0 Å². The number of carbonyl (C=O) groups excluding carboxylic acids is 1. The highest BCUT2D eigenvalue weighted by Gasteiger charge is 2.11. The summed E-state index contributed by atoms with van der Waals surface area (Å²) in [5.41, 5.74) is 5.71. The molecule has 0 aliphatic rings. The number of rotatable bonds is 3. The first kappa shape index (κ1) is 13.9. The van der Waals surface area contributed by atoms with Crippen molar-refractivity contribution in [3.63, 3.8) is 0 Å². The normalized spacial score (nSPS) is 11.1. The van der Waals surface area contributed by atoms with Crippen molar-refractivity contribution < 1.29 is 13.2 Å². The van der Waals surface area contributed by atoms with Crippen LogP contribution in [-0.4, -0.2) is 24.3 Å². The van der Waals surface area contributed by atoms with Gasteiger partial charge >= 0.3 is 0 Å². The van der Waals surface area contributed by atoms with E-state index in [1.807, 2.05) is 0 Å². The number of benzene rings is 1. The van der Waals surface area contributed by atoms with E-state index < -0.39 is 15.9 Å². The van der Waals surface area contributed by atoms with E-state index in [4.69, 9.17) is 10.9 Å². The SMILES string of the molecule is Nc1cncc(C(=O)Nc2cccc(S(N)(=O)=O)c2)n1. The number of aromatic nitrogens is 2. The Kier molecular flexibility index (Phi) is 3.63. The minimum Gasteiger partial charge on any atom is -0.382 e. The summed E-state index contributed by atoms with van der Waals surface area (Å²) in [7, 11) is -3.83. The molecule has 0 bridgehead atoms. The molecule has 9 heteroatoms. The lowest BCUT2D eigenvalue weighted by Crippen LogP contribution is -2.16. The maximum absolute atomic E-state index is 11.9. The van der Waals surface area contributed by atoms with Gasteiger partial charge in [0.15, 0.2) is 0 Å². The molecule has 0 spiro atoms. The molecule has 5 N–H and O–H groups in total. The Balaban J connectivity index is 2.25. The average molecular weight is 293 g/mol.